The van der Waals surface area contributed by atoms with Crippen LogP contribution in [0.3, 0.4) is 0 Å². The summed E-state index contributed by atoms with van der Waals surface area (Å²) < 4.78 is 1.13. The molecule has 0 N–H and O–H groups in total. The molecule has 4 heteroatoms. The summed E-state index contributed by atoms with van der Waals surface area (Å²) in [6.45, 7) is 0. The van der Waals surface area contributed by atoms with Crippen LogP contribution in [-0.2, 0) is 0 Å². The molecule has 12 heavy (non-hydrogen) atoms. The van der Waals surface area contributed by atoms with Gasteiger partial charge in [-0.3, -0.25) is 0 Å². The summed E-state index contributed by atoms with van der Waals surface area (Å²) >= 11 is 3.45. The Bertz CT molecular complexity index is 238. The average Bonchev–Trinajstić information content (AvgIpc) is 2.57. The van der Waals surface area contributed by atoms with Gasteiger partial charge in [-0.25, -0.2) is 4.98 Å². The van der Waals surface area contributed by atoms with Crippen LogP contribution in [0, 0.1) is 11.3 Å². The number of thioether (sulfide) groups is 1. The zero-order valence-electron chi connectivity index (χ0n) is 6.69. The maximum Gasteiger partial charge on any atom is 0.149 e. The molecule has 0 atom stereocenters. The van der Waals surface area contributed by atoms with Crippen molar-refractivity contribution in [2.24, 2.45) is 0 Å². The number of hydrogen-bond acceptors (Lipinski definition) is 4. The molecule has 1 aromatic rings. The van der Waals surface area contributed by atoms with Gasteiger partial charge in [0.25, 0.3) is 0 Å². The van der Waals surface area contributed by atoms with E-state index in [1.165, 1.54) is 0 Å². The van der Waals surface area contributed by atoms with E-state index in [2.05, 4.69) is 11.1 Å². The Labute approximate surface area is 80.6 Å². The Morgan fingerprint density at radius 2 is 2.50 bits per heavy atom. The van der Waals surface area contributed by atoms with Crippen LogP contribution in [-0.4, -0.2) is 10.7 Å². The Kier molecular flexibility index (Phi) is 4.81. The molecular formula is C8H10N2S2. The van der Waals surface area contributed by atoms with Crippen LogP contribution in [0.25, 0.3) is 0 Å². The van der Waals surface area contributed by atoms with Crippen molar-refractivity contribution in [1.29, 1.82) is 5.26 Å². The summed E-state index contributed by atoms with van der Waals surface area (Å²) in [5, 5.41) is 10.3. The lowest BCUT2D eigenvalue weighted by atomic mass is 10.3. The summed E-state index contributed by atoms with van der Waals surface area (Å²) in [5.74, 6) is 1.08. The van der Waals surface area contributed by atoms with Crippen LogP contribution in [0.1, 0.15) is 19.3 Å². The van der Waals surface area contributed by atoms with E-state index in [4.69, 9.17) is 5.26 Å². The van der Waals surface area contributed by atoms with Crippen LogP contribution >= 0.6 is 23.1 Å². The van der Waals surface area contributed by atoms with Gasteiger partial charge in [0, 0.05) is 23.8 Å². The number of thiazole rings is 1. The third-order valence-corrected chi connectivity index (χ3v) is 3.37. The molecule has 0 aliphatic heterocycles. The fourth-order valence-corrected chi connectivity index (χ4v) is 2.45. The zero-order chi connectivity index (χ0) is 8.65. The molecule has 1 rings (SSSR count). The van der Waals surface area contributed by atoms with Gasteiger partial charge in [-0.2, -0.15) is 5.26 Å². The molecule has 0 unspecified atom stereocenters. The van der Waals surface area contributed by atoms with Crippen LogP contribution < -0.4 is 0 Å². The second kappa shape index (κ2) is 6.04. The minimum absolute atomic E-state index is 0.679. The first-order chi connectivity index (χ1) is 5.93. The van der Waals surface area contributed by atoms with Crippen LogP contribution in [0.2, 0.25) is 0 Å². The predicted octanol–water partition coefficient (Wildman–Crippen LogP) is 2.93. The Balaban J connectivity index is 2.01. The molecule has 0 spiro atoms. The summed E-state index contributed by atoms with van der Waals surface area (Å²) in [6.07, 6.45) is 4.62. The molecule has 2 nitrogen and oxygen atoms in total. The molecule has 0 aliphatic rings. The highest BCUT2D eigenvalue weighted by atomic mass is 32.2. The van der Waals surface area contributed by atoms with Gasteiger partial charge in [-0.1, -0.05) is 11.8 Å². The Hall–Kier alpha value is -0.530. The van der Waals surface area contributed by atoms with Gasteiger partial charge >= 0.3 is 0 Å². The SMILES string of the molecule is N#CCCCCSc1nccs1. The van der Waals surface area contributed by atoms with Gasteiger partial charge in [0.15, 0.2) is 0 Å². The van der Waals surface area contributed by atoms with Crippen molar-refractivity contribution < 1.29 is 0 Å². The molecule has 64 valence electrons. The number of nitriles is 1. The second-order valence-corrected chi connectivity index (χ2v) is 4.50. The van der Waals surface area contributed by atoms with E-state index in [-0.39, 0.29) is 0 Å². The summed E-state index contributed by atoms with van der Waals surface area (Å²) in [7, 11) is 0. The number of nitrogens with zero attached hydrogens (tertiary/aromatic N) is 2. The van der Waals surface area contributed by atoms with Gasteiger partial charge in [0.2, 0.25) is 0 Å². The van der Waals surface area contributed by atoms with Gasteiger partial charge in [0.1, 0.15) is 4.34 Å². The molecule has 0 radical (unpaired) electrons. The molecule has 0 aliphatic carbocycles. The van der Waals surface area contributed by atoms with Crippen molar-refractivity contribution in [2.45, 2.75) is 23.6 Å². The molecule has 0 aromatic carbocycles. The third-order valence-electron chi connectivity index (χ3n) is 1.32. The summed E-state index contributed by atoms with van der Waals surface area (Å²) in [6, 6.07) is 2.14. The van der Waals surface area contributed by atoms with E-state index in [1.807, 2.05) is 11.6 Å². The topological polar surface area (TPSA) is 36.7 Å². The molecule has 0 saturated carbocycles. The summed E-state index contributed by atoms with van der Waals surface area (Å²) in [5.41, 5.74) is 0. The standard InChI is InChI=1S/C8H10N2S2/c9-4-2-1-3-6-11-8-10-5-7-12-8/h5,7H,1-3,6H2. The molecule has 0 saturated heterocycles. The number of rotatable bonds is 5. The van der Waals surface area contributed by atoms with E-state index in [9.17, 15) is 0 Å². The monoisotopic (exact) mass is 198 g/mol. The average molecular weight is 198 g/mol. The van der Waals surface area contributed by atoms with Gasteiger partial charge in [-0.05, 0) is 12.8 Å². The minimum atomic E-state index is 0.679. The molecule has 0 fully saturated rings. The normalized spacial score (nSPS) is 9.58. The van der Waals surface area contributed by atoms with Crippen LogP contribution in [0.5, 0.6) is 0 Å². The smallest absolute Gasteiger partial charge is 0.149 e. The van der Waals surface area contributed by atoms with Gasteiger partial charge < -0.3 is 0 Å². The molecule has 0 bridgehead atoms. The lowest BCUT2D eigenvalue weighted by molar-refractivity contribution is 0.830. The van der Waals surface area contributed by atoms with Crippen molar-refractivity contribution in [3.63, 3.8) is 0 Å². The summed E-state index contributed by atoms with van der Waals surface area (Å²) in [4.78, 5) is 4.15. The fourth-order valence-electron chi connectivity index (χ4n) is 0.747. The van der Waals surface area contributed by atoms with E-state index < -0.39 is 0 Å². The maximum atomic E-state index is 8.28. The Morgan fingerprint density at radius 1 is 1.58 bits per heavy atom. The van der Waals surface area contributed by atoms with Crippen LogP contribution in [0.4, 0.5) is 0 Å². The maximum absolute atomic E-state index is 8.28. The van der Waals surface area contributed by atoms with E-state index in [0.717, 1.165) is 22.9 Å². The van der Waals surface area contributed by atoms with Crippen molar-refractivity contribution >= 4 is 23.1 Å². The first kappa shape index (κ1) is 9.56. The molecular weight excluding hydrogens is 188 g/mol. The first-order valence-corrected chi connectivity index (χ1v) is 5.69. The van der Waals surface area contributed by atoms with Crippen molar-refractivity contribution in [1.82, 2.24) is 4.98 Å². The molecule has 1 heterocycles. The largest absolute Gasteiger partial charge is 0.238 e. The molecule has 1 aromatic heterocycles. The minimum Gasteiger partial charge on any atom is -0.238 e. The van der Waals surface area contributed by atoms with Crippen LogP contribution in [0.15, 0.2) is 15.9 Å². The van der Waals surface area contributed by atoms with E-state index >= 15 is 0 Å². The highest BCUT2D eigenvalue weighted by molar-refractivity contribution is 8.00. The van der Waals surface area contributed by atoms with Gasteiger partial charge in [0.05, 0.1) is 6.07 Å². The van der Waals surface area contributed by atoms with Crippen molar-refractivity contribution in [3.8, 4) is 6.07 Å². The highest BCUT2D eigenvalue weighted by Crippen LogP contribution is 2.21. The molecule has 0 amide bonds. The number of hydrogen-bond donors (Lipinski definition) is 0. The van der Waals surface area contributed by atoms with E-state index in [0.29, 0.717) is 6.42 Å². The highest BCUT2D eigenvalue weighted by Gasteiger charge is 1.95. The van der Waals surface area contributed by atoms with Crippen molar-refractivity contribution in [3.05, 3.63) is 11.6 Å². The predicted molar refractivity (Wildman–Crippen MR) is 52.3 cm³/mol. The zero-order valence-corrected chi connectivity index (χ0v) is 8.33. The quantitative estimate of drug-likeness (QED) is 0.539. The number of aromatic nitrogens is 1. The third kappa shape index (κ3) is 3.74. The first-order valence-electron chi connectivity index (χ1n) is 3.82. The number of unbranched alkanes of at least 4 members (excludes halogenated alkanes) is 2. The lowest BCUT2D eigenvalue weighted by Gasteiger charge is -1.94. The van der Waals surface area contributed by atoms with Gasteiger partial charge in [-0.15, -0.1) is 11.3 Å². The fraction of sp³-hybridized carbons (Fsp3) is 0.500. The lowest BCUT2D eigenvalue weighted by Crippen LogP contribution is -1.79. The van der Waals surface area contributed by atoms with E-state index in [1.54, 1.807) is 23.1 Å². The second-order valence-electron chi connectivity index (χ2n) is 2.26. The Morgan fingerprint density at radius 3 is 3.17 bits per heavy atom. The van der Waals surface area contributed by atoms with Crippen molar-refractivity contribution in [2.75, 3.05) is 5.75 Å².